The maximum absolute atomic E-state index is 10.6. The van der Waals surface area contributed by atoms with Crippen LogP contribution in [0.4, 0.5) is 0 Å². The van der Waals surface area contributed by atoms with Gasteiger partial charge in [-0.3, -0.25) is 0 Å². The van der Waals surface area contributed by atoms with Crippen molar-refractivity contribution in [2.75, 3.05) is 0 Å². The topological polar surface area (TPSA) is 40.5 Å². The van der Waals surface area contributed by atoms with Crippen molar-refractivity contribution in [3.05, 3.63) is 23.5 Å². The molecule has 0 saturated carbocycles. The van der Waals surface area contributed by atoms with Gasteiger partial charge in [0.15, 0.2) is 0 Å². The van der Waals surface area contributed by atoms with E-state index >= 15 is 0 Å². The summed E-state index contributed by atoms with van der Waals surface area (Å²) in [6, 6.07) is 0. The van der Waals surface area contributed by atoms with Crippen molar-refractivity contribution in [1.29, 1.82) is 0 Å². The molecule has 2 nitrogen and oxygen atoms in total. The highest BCUT2D eigenvalue weighted by atomic mass is 16.3. The predicted octanol–water partition coefficient (Wildman–Crippen LogP) is 6.85. The summed E-state index contributed by atoms with van der Waals surface area (Å²) in [6.45, 7) is 6.58. The van der Waals surface area contributed by atoms with Crippen LogP contribution in [0.1, 0.15) is 104 Å². The lowest BCUT2D eigenvalue weighted by atomic mass is 9.82. The summed E-state index contributed by atoms with van der Waals surface area (Å²) in [4.78, 5) is 0. The van der Waals surface area contributed by atoms with Crippen LogP contribution in [-0.2, 0) is 0 Å². The molecule has 1 unspecified atom stereocenters. The summed E-state index contributed by atoms with van der Waals surface area (Å²) < 4.78 is 0. The second-order valence-electron chi connectivity index (χ2n) is 8.18. The van der Waals surface area contributed by atoms with E-state index in [-0.39, 0.29) is 0 Å². The molecule has 0 heterocycles. The van der Waals surface area contributed by atoms with Crippen molar-refractivity contribution in [3.63, 3.8) is 0 Å². The third-order valence-electron chi connectivity index (χ3n) is 5.36. The second-order valence-corrected chi connectivity index (χ2v) is 8.18. The first-order chi connectivity index (χ1) is 11.4. The minimum absolute atomic E-state index is 0.302. The molecule has 0 aliphatic heterocycles. The fourth-order valence-electron chi connectivity index (χ4n) is 3.54. The molecule has 0 radical (unpaired) electrons. The normalized spacial score (nSPS) is 21.0. The van der Waals surface area contributed by atoms with E-state index in [9.17, 15) is 10.2 Å². The Kier molecular flexibility index (Phi) is 10.4. The zero-order valence-corrected chi connectivity index (χ0v) is 16.3. The van der Waals surface area contributed by atoms with Crippen molar-refractivity contribution in [1.82, 2.24) is 0 Å². The van der Waals surface area contributed by atoms with E-state index in [1.165, 1.54) is 64.2 Å². The number of rotatable bonds is 13. The Balaban J connectivity index is 1.92. The smallest absolute Gasteiger partial charge is 0.0954 e. The summed E-state index contributed by atoms with van der Waals surface area (Å²) in [7, 11) is 0. The summed E-state index contributed by atoms with van der Waals surface area (Å²) in [5.41, 5.74) is 0.173. The summed E-state index contributed by atoms with van der Waals surface area (Å²) in [5, 5.41) is 20.2. The highest BCUT2D eigenvalue weighted by Crippen LogP contribution is 2.33. The summed E-state index contributed by atoms with van der Waals surface area (Å²) >= 11 is 0. The zero-order chi connectivity index (χ0) is 17.8. The molecule has 0 amide bonds. The van der Waals surface area contributed by atoms with Crippen molar-refractivity contribution < 1.29 is 10.2 Å². The standard InChI is InChI=1S/C22H40O2/c1-19(2)14-12-10-8-6-4-5-7-9-11-13-17-22(24)18-21(23)16-15-20(22)3/h15-16,19,23-24H,4-14,17-18H2,1-3H3. The average molecular weight is 337 g/mol. The molecule has 140 valence electrons. The fraction of sp³-hybridized carbons (Fsp3) is 0.818. The molecule has 1 atom stereocenters. The molecular formula is C22H40O2. The van der Waals surface area contributed by atoms with Crippen LogP contribution >= 0.6 is 0 Å². The van der Waals surface area contributed by atoms with Crippen molar-refractivity contribution >= 4 is 0 Å². The van der Waals surface area contributed by atoms with Gasteiger partial charge < -0.3 is 10.2 Å². The van der Waals surface area contributed by atoms with E-state index in [1.807, 2.05) is 13.0 Å². The van der Waals surface area contributed by atoms with Crippen LogP contribution in [0.3, 0.4) is 0 Å². The van der Waals surface area contributed by atoms with Gasteiger partial charge in [0.05, 0.1) is 11.4 Å². The van der Waals surface area contributed by atoms with Crippen LogP contribution < -0.4 is 0 Å². The molecule has 0 fully saturated rings. The Morgan fingerprint density at radius 3 is 1.92 bits per heavy atom. The number of unbranched alkanes of at least 4 members (excludes halogenated alkanes) is 9. The molecular weight excluding hydrogens is 296 g/mol. The van der Waals surface area contributed by atoms with Gasteiger partial charge in [-0.25, -0.2) is 0 Å². The van der Waals surface area contributed by atoms with E-state index in [0.29, 0.717) is 12.2 Å². The number of hydrogen-bond donors (Lipinski definition) is 2. The third-order valence-corrected chi connectivity index (χ3v) is 5.36. The van der Waals surface area contributed by atoms with Crippen LogP contribution in [0.25, 0.3) is 0 Å². The third kappa shape index (κ3) is 8.92. The largest absolute Gasteiger partial charge is 0.512 e. The lowest BCUT2D eigenvalue weighted by molar-refractivity contribution is 0.0535. The van der Waals surface area contributed by atoms with E-state index in [0.717, 1.165) is 24.3 Å². The maximum atomic E-state index is 10.6. The predicted molar refractivity (Wildman–Crippen MR) is 104 cm³/mol. The first-order valence-corrected chi connectivity index (χ1v) is 10.2. The first-order valence-electron chi connectivity index (χ1n) is 10.2. The SMILES string of the molecule is CC1=CC=C(O)CC1(O)CCCCCCCCCCCCC(C)C. The molecule has 1 aliphatic carbocycles. The average Bonchev–Trinajstić information content (AvgIpc) is 2.52. The van der Waals surface area contributed by atoms with Gasteiger partial charge in [0.1, 0.15) is 0 Å². The molecule has 0 bridgehead atoms. The Morgan fingerprint density at radius 2 is 1.38 bits per heavy atom. The second kappa shape index (κ2) is 11.7. The molecule has 2 heteroatoms. The maximum Gasteiger partial charge on any atom is 0.0954 e. The van der Waals surface area contributed by atoms with Crippen LogP contribution in [-0.4, -0.2) is 15.8 Å². The molecule has 1 aliphatic rings. The van der Waals surface area contributed by atoms with Crippen LogP contribution in [0.2, 0.25) is 0 Å². The van der Waals surface area contributed by atoms with Crippen LogP contribution in [0, 0.1) is 5.92 Å². The van der Waals surface area contributed by atoms with Crippen molar-refractivity contribution in [3.8, 4) is 0 Å². The van der Waals surface area contributed by atoms with E-state index in [2.05, 4.69) is 13.8 Å². The lowest BCUT2D eigenvalue weighted by Crippen LogP contribution is -2.32. The molecule has 0 aromatic rings. The number of aliphatic hydroxyl groups excluding tert-OH is 1. The van der Waals surface area contributed by atoms with Gasteiger partial charge in [-0.15, -0.1) is 0 Å². The Bertz CT molecular complexity index is 395. The van der Waals surface area contributed by atoms with Gasteiger partial charge in [0, 0.05) is 6.42 Å². The zero-order valence-electron chi connectivity index (χ0n) is 16.3. The highest BCUT2D eigenvalue weighted by Gasteiger charge is 2.31. The quantitative estimate of drug-likeness (QED) is 0.361. The number of allylic oxidation sites excluding steroid dienone is 2. The fourth-order valence-corrected chi connectivity index (χ4v) is 3.54. The first kappa shape index (κ1) is 21.3. The van der Waals surface area contributed by atoms with Crippen molar-refractivity contribution in [2.45, 2.75) is 110 Å². The Morgan fingerprint density at radius 1 is 0.875 bits per heavy atom. The molecule has 2 N–H and O–H groups in total. The minimum atomic E-state index is -0.811. The molecule has 0 spiro atoms. The van der Waals surface area contributed by atoms with Crippen molar-refractivity contribution in [2.24, 2.45) is 5.92 Å². The summed E-state index contributed by atoms with van der Waals surface area (Å²) in [6.07, 6.45) is 19.3. The molecule has 0 aromatic carbocycles. The van der Waals surface area contributed by atoms with Crippen LogP contribution in [0.15, 0.2) is 23.5 Å². The van der Waals surface area contributed by atoms with Gasteiger partial charge in [-0.05, 0) is 30.9 Å². The van der Waals surface area contributed by atoms with Gasteiger partial charge >= 0.3 is 0 Å². The molecule has 0 saturated heterocycles. The molecule has 24 heavy (non-hydrogen) atoms. The minimum Gasteiger partial charge on any atom is -0.512 e. The number of hydrogen-bond acceptors (Lipinski definition) is 2. The molecule has 1 rings (SSSR count). The van der Waals surface area contributed by atoms with Gasteiger partial charge in [-0.1, -0.05) is 90.6 Å². The Labute approximate surface area is 150 Å². The molecule has 0 aromatic heterocycles. The van der Waals surface area contributed by atoms with Crippen LogP contribution in [0.5, 0.6) is 0 Å². The van der Waals surface area contributed by atoms with E-state index < -0.39 is 5.60 Å². The number of aliphatic hydroxyl groups is 2. The Hall–Kier alpha value is -0.760. The van der Waals surface area contributed by atoms with Gasteiger partial charge in [0.2, 0.25) is 0 Å². The van der Waals surface area contributed by atoms with Gasteiger partial charge in [0.25, 0.3) is 0 Å². The summed E-state index contributed by atoms with van der Waals surface area (Å²) in [5.74, 6) is 1.16. The van der Waals surface area contributed by atoms with E-state index in [1.54, 1.807) is 6.08 Å². The monoisotopic (exact) mass is 336 g/mol. The lowest BCUT2D eigenvalue weighted by Gasteiger charge is -2.31. The van der Waals surface area contributed by atoms with E-state index in [4.69, 9.17) is 0 Å². The van der Waals surface area contributed by atoms with Gasteiger partial charge in [-0.2, -0.15) is 0 Å². The highest BCUT2D eigenvalue weighted by molar-refractivity contribution is 5.28.